The molecule has 0 amide bonds. The molecule has 0 aliphatic carbocycles. The maximum atomic E-state index is 13.0. The van der Waals surface area contributed by atoms with Gasteiger partial charge in [0.15, 0.2) is 0 Å². The molecule has 1 aliphatic rings. The number of benzene rings is 1. The number of alkyl halides is 6. The van der Waals surface area contributed by atoms with Crippen LogP contribution in [0.25, 0.3) is 0 Å². The van der Waals surface area contributed by atoms with Gasteiger partial charge >= 0.3 is 12.5 Å². The van der Waals surface area contributed by atoms with Gasteiger partial charge in [0.1, 0.15) is 5.75 Å². The first-order chi connectivity index (χ1) is 11.1. The van der Waals surface area contributed by atoms with E-state index in [1.54, 1.807) is 0 Å². The Hall–Kier alpha value is -1.00. The zero-order valence-electron chi connectivity index (χ0n) is 12.3. The van der Waals surface area contributed by atoms with Crippen molar-refractivity contribution in [2.75, 3.05) is 26.2 Å². The zero-order chi connectivity index (χ0) is 18.0. The molecule has 1 fully saturated rings. The minimum atomic E-state index is -4.98. The second-order valence-corrected chi connectivity index (χ2v) is 6.27. The van der Waals surface area contributed by atoms with Crippen LogP contribution in [0.15, 0.2) is 22.7 Å². The monoisotopic (exact) mass is 420 g/mol. The van der Waals surface area contributed by atoms with E-state index in [4.69, 9.17) is 0 Å². The molecule has 1 atom stereocenters. The van der Waals surface area contributed by atoms with Crippen LogP contribution in [-0.2, 0) is 0 Å². The van der Waals surface area contributed by atoms with Crippen LogP contribution in [0.1, 0.15) is 18.0 Å². The highest BCUT2D eigenvalue weighted by atomic mass is 79.9. The first-order valence-electron chi connectivity index (χ1n) is 7.12. The Bertz CT molecular complexity index is 557. The fourth-order valence-electron chi connectivity index (χ4n) is 2.65. The normalized spacial score (nSPS) is 18.5. The Morgan fingerprint density at radius 3 is 2.29 bits per heavy atom. The van der Waals surface area contributed by atoms with Crippen molar-refractivity contribution in [1.29, 1.82) is 0 Å². The van der Waals surface area contributed by atoms with Crippen LogP contribution in [-0.4, -0.2) is 43.6 Å². The molecule has 1 heterocycles. The second kappa shape index (κ2) is 7.49. The number of nitrogens with zero attached hydrogens (tertiary/aromatic N) is 1. The molecule has 0 saturated carbocycles. The van der Waals surface area contributed by atoms with E-state index in [1.807, 2.05) is 0 Å². The van der Waals surface area contributed by atoms with Crippen molar-refractivity contribution in [3.8, 4) is 5.75 Å². The second-order valence-electron chi connectivity index (χ2n) is 5.35. The van der Waals surface area contributed by atoms with Gasteiger partial charge in [0.25, 0.3) is 0 Å². The molecule has 24 heavy (non-hydrogen) atoms. The van der Waals surface area contributed by atoms with E-state index < -0.39 is 30.8 Å². The Labute approximate surface area is 143 Å². The average molecular weight is 421 g/mol. The highest BCUT2D eigenvalue weighted by Crippen LogP contribution is 2.40. The number of rotatable bonds is 4. The molecular weight excluding hydrogens is 406 g/mol. The fourth-order valence-corrected chi connectivity index (χ4v) is 3.02. The van der Waals surface area contributed by atoms with Gasteiger partial charge < -0.3 is 10.1 Å². The van der Waals surface area contributed by atoms with Gasteiger partial charge in [-0.1, -0.05) is 15.9 Å². The molecule has 0 unspecified atom stereocenters. The largest absolute Gasteiger partial charge is 0.573 e. The van der Waals surface area contributed by atoms with Crippen LogP contribution < -0.4 is 10.1 Å². The third-order valence-electron chi connectivity index (χ3n) is 3.57. The van der Waals surface area contributed by atoms with Crippen LogP contribution >= 0.6 is 15.9 Å². The van der Waals surface area contributed by atoms with Crippen molar-refractivity contribution in [3.05, 3.63) is 28.2 Å². The summed E-state index contributed by atoms with van der Waals surface area (Å²) in [6.45, 7) is 1.55. The fraction of sp³-hybridized carbons (Fsp3) is 0.571. The van der Waals surface area contributed by atoms with Gasteiger partial charge in [0.2, 0.25) is 0 Å². The number of hydrogen-bond donors (Lipinski definition) is 1. The van der Waals surface area contributed by atoms with Crippen LogP contribution in [0.3, 0.4) is 0 Å². The molecule has 1 aromatic carbocycles. The highest BCUT2D eigenvalue weighted by molar-refractivity contribution is 9.10. The Kier molecular flexibility index (Phi) is 6.03. The Morgan fingerprint density at radius 2 is 1.75 bits per heavy atom. The molecule has 1 saturated heterocycles. The summed E-state index contributed by atoms with van der Waals surface area (Å²) in [5.74, 6) is -0.613. The number of piperazine rings is 1. The lowest BCUT2D eigenvalue weighted by Crippen LogP contribution is -2.46. The molecule has 0 bridgehead atoms. The minimum absolute atomic E-state index is 0.138. The zero-order valence-corrected chi connectivity index (χ0v) is 13.9. The summed E-state index contributed by atoms with van der Waals surface area (Å²) in [7, 11) is 0. The van der Waals surface area contributed by atoms with Crippen molar-refractivity contribution < 1.29 is 31.1 Å². The van der Waals surface area contributed by atoms with E-state index in [-0.39, 0.29) is 5.56 Å². The van der Waals surface area contributed by atoms with Crippen LogP contribution in [0, 0.1) is 0 Å². The van der Waals surface area contributed by atoms with Crippen molar-refractivity contribution in [3.63, 3.8) is 0 Å². The number of ether oxygens (including phenoxy) is 1. The van der Waals surface area contributed by atoms with Gasteiger partial charge in [0.05, 0.1) is 6.42 Å². The Morgan fingerprint density at radius 1 is 1.12 bits per heavy atom. The molecular formula is C14H15BrF6N2O. The van der Waals surface area contributed by atoms with E-state index in [2.05, 4.69) is 26.0 Å². The van der Waals surface area contributed by atoms with E-state index in [9.17, 15) is 26.3 Å². The van der Waals surface area contributed by atoms with Crippen molar-refractivity contribution in [1.82, 2.24) is 10.2 Å². The number of halogens is 7. The maximum Gasteiger partial charge on any atom is 0.573 e. The summed E-state index contributed by atoms with van der Waals surface area (Å²) >= 11 is 3.10. The number of hydrogen-bond acceptors (Lipinski definition) is 3. The lowest BCUT2D eigenvalue weighted by atomic mass is 9.99. The molecule has 136 valence electrons. The van der Waals surface area contributed by atoms with Gasteiger partial charge in [0, 0.05) is 42.3 Å². The quantitative estimate of drug-likeness (QED) is 0.737. The summed E-state index contributed by atoms with van der Waals surface area (Å²) < 4.78 is 81.1. The highest BCUT2D eigenvalue weighted by Gasteiger charge is 2.39. The SMILES string of the molecule is FC(F)(F)C[C@H](c1cc(Br)ccc1OC(F)(F)F)N1CCNCC1. The standard InChI is InChI=1S/C14H15BrF6N2O/c15-9-1-2-12(24-14(19,20)21)10(7-9)11(8-13(16,17)18)23-5-3-22-4-6-23/h1-2,7,11,22H,3-6,8H2/t11-/m1/s1. The van der Waals surface area contributed by atoms with E-state index in [1.165, 1.54) is 17.0 Å². The molecule has 0 spiro atoms. The first-order valence-corrected chi connectivity index (χ1v) is 7.91. The van der Waals surface area contributed by atoms with Crippen LogP contribution in [0.2, 0.25) is 0 Å². The van der Waals surface area contributed by atoms with Gasteiger partial charge in [-0.2, -0.15) is 13.2 Å². The molecule has 3 nitrogen and oxygen atoms in total. The van der Waals surface area contributed by atoms with Crippen molar-refractivity contribution in [2.45, 2.75) is 25.0 Å². The minimum Gasteiger partial charge on any atom is -0.405 e. The summed E-state index contributed by atoms with van der Waals surface area (Å²) in [6, 6.07) is 2.33. The summed E-state index contributed by atoms with van der Waals surface area (Å²) in [5.41, 5.74) is -0.138. The molecule has 10 heteroatoms. The summed E-state index contributed by atoms with van der Waals surface area (Å²) in [6.07, 6.45) is -10.8. The van der Waals surface area contributed by atoms with Crippen molar-refractivity contribution in [2.24, 2.45) is 0 Å². The molecule has 1 aromatic rings. The lowest BCUT2D eigenvalue weighted by Gasteiger charge is -2.36. The van der Waals surface area contributed by atoms with Crippen LogP contribution in [0.5, 0.6) is 5.75 Å². The van der Waals surface area contributed by atoms with E-state index >= 15 is 0 Å². The number of nitrogens with one attached hydrogen (secondary N) is 1. The van der Waals surface area contributed by atoms with Gasteiger partial charge in [-0.15, -0.1) is 13.2 Å². The van der Waals surface area contributed by atoms with Gasteiger partial charge in [-0.05, 0) is 18.2 Å². The predicted molar refractivity (Wildman–Crippen MR) is 78.7 cm³/mol. The summed E-state index contributed by atoms with van der Waals surface area (Å²) in [4.78, 5) is 1.52. The molecule has 1 N–H and O–H groups in total. The molecule has 0 aromatic heterocycles. The van der Waals surface area contributed by atoms with E-state index in [0.29, 0.717) is 30.7 Å². The van der Waals surface area contributed by atoms with Gasteiger partial charge in [-0.3, -0.25) is 4.90 Å². The molecule has 1 aliphatic heterocycles. The topological polar surface area (TPSA) is 24.5 Å². The first kappa shape index (κ1) is 19.3. The average Bonchev–Trinajstić information content (AvgIpc) is 2.45. The van der Waals surface area contributed by atoms with Crippen LogP contribution in [0.4, 0.5) is 26.3 Å². The third kappa shape index (κ3) is 5.82. The Balaban J connectivity index is 2.41. The maximum absolute atomic E-state index is 13.0. The van der Waals surface area contributed by atoms with Gasteiger partial charge in [-0.25, -0.2) is 0 Å². The summed E-state index contributed by atoms with van der Waals surface area (Å²) in [5, 5.41) is 3.00. The van der Waals surface area contributed by atoms with Crippen molar-refractivity contribution >= 4 is 15.9 Å². The lowest BCUT2D eigenvalue weighted by molar-refractivity contribution is -0.275. The van der Waals surface area contributed by atoms with E-state index in [0.717, 1.165) is 6.07 Å². The molecule has 0 radical (unpaired) electrons. The predicted octanol–water partition coefficient (Wildman–Crippen LogP) is 4.25. The smallest absolute Gasteiger partial charge is 0.405 e. The molecule has 2 rings (SSSR count). The third-order valence-corrected chi connectivity index (χ3v) is 4.07.